The second kappa shape index (κ2) is 6.37. The average Bonchev–Trinajstić information content (AvgIpc) is 2.14. The second-order valence-electron chi connectivity index (χ2n) is 3.46. The van der Waals surface area contributed by atoms with Gasteiger partial charge >= 0.3 is 11.8 Å². The third kappa shape index (κ3) is 4.81. The van der Waals surface area contributed by atoms with Crippen LogP contribution in [0.25, 0.3) is 0 Å². The third-order valence-corrected chi connectivity index (χ3v) is 1.87. The summed E-state index contributed by atoms with van der Waals surface area (Å²) in [5.74, 6) is -1.04. The monoisotopic (exact) mass is 201 g/mol. The highest BCUT2D eigenvalue weighted by Crippen LogP contribution is 1.90. The van der Waals surface area contributed by atoms with E-state index in [9.17, 15) is 9.59 Å². The van der Waals surface area contributed by atoms with E-state index in [0.29, 0.717) is 6.54 Å². The van der Waals surface area contributed by atoms with Gasteiger partial charge in [0.1, 0.15) is 0 Å². The van der Waals surface area contributed by atoms with Gasteiger partial charge in [-0.2, -0.15) is 0 Å². The van der Waals surface area contributed by atoms with Gasteiger partial charge in [0.25, 0.3) is 0 Å². The van der Waals surface area contributed by atoms with E-state index >= 15 is 0 Å². The van der Waals surface area contributed by atoms with E-state index in [1.807, 2.05) is 19.0 Å². The molecule has 0 radical (unpaired) electrons. The highest BCUT2D eigenvalue weighted by Gasteiger charge is 2.15. The van der Waals surface area contributed by atoms with E-state index < -0.39 is 11.8 Å². The number of carbonyl (C=O) groups excluding carboxylic acids is 2. The van der Waals surface area contributed by atoms with Gasteiger partial charge < -0.3 is 15.1 Å². The van der Waals surface area contributed by atoms with Crippen molar-refractivity contribution in [2.75, 3.05) is 41.3 Å². The molecule has 0 saturated heterocycles. The molecule has 0 spiro atoms. The van der Waals surface area contributed by atoms with Crippen molar-refractivity contribution in [2.24, 2.45) is 0 Å². The van der Waals surface area contributed by atoms with Crippen LogP contribution in [0.15, 0.2) is 0 Å². The van der Waals surface area contributed by atoms with E-state index in [-0.39, 0.29) is 0 Å². The molecular weight excluding hydrogens is 182 g/mol. The molecule has 0 aromatic carbocycles. The Morgan fingerprint density at radius 1 is 1.14 bits per heavy atom. The van der Waals surface area contributed by atoms with Crippen molar-refractivity contribution < 1.29 is 9.59 Å². The molecule has 5 nitrogen and oxygen atoms in total. The molecule has 0 fully saturated rings. The maximum atomic E-state index is 11.3. The van der Waals surface area contributed by atoms with Crippen molar-refractivity contribution in [1.82, 2.24) is 15.1 Å². The summed E-state index contributed by atoms with van der Waals surface area (Å²) < 4.78 is 0. The summed E-state index contributed by atoms with van der Waals surface area (Å²) in [5.41, 5.74) is 0. The quantitative estimate of drug-likeness (QED) is 0.602. The van der Waals surface area contributed by atoms with Crippen molar-refractivity contribution in [3.05, 3.63) is 0 Å². The minimum absolute atomic E-state index is 0.480. The van der Waals surface area contributed by atoms with Crippen LogP contribution < -0.4 is 5.32 Å². The Kier molecular flexibility index (Phi) is 5.87. The molecule has 1 N–H and O–H groups in total. The summed E-state index contributed by atoms with van der Waals surface area (Å²) in [4.78, 5) is 25.7. The van der Waals surface area contributed by atoms with Crippen LogP contribution in [-0.2, 0) is 9.59 Å². The Balaban J connectivity index is 3.79. The van der Waals surface area contributed by atoms with E-state index in [1.54, 1.807) is 7.05 Å². The minimum atomic E-state index is -0.558. The molecule has 0 aliphatic rings. The lowest BCUT2D eigenvalue weighted by atomic mass is 10.3. The first kappa shape index (κ1) is 12.9. The van der Waals surface area contributed by atoms with Crippen molar-refractivity contribution in [1.29, 1.82) is 0 Å². The molecule has 0 aliphatic heterocycles. The lowest BCUT2D eigenvalue weighted by molar-refractivity contribution is -0.144. The van der Waals surface area contributed by atoms with Gasteiger partial charge in [-0.15, -0.1) is 0 Å². The number of hydrogen-bond acceptors (Lipinski definition) is 3. The Morgan fingerprint density at radius 3 is 2.14 bits per heavy atom. The zero-order chi connectivity index (χ0) is 11.1. The lowest BCUT2D eigenvalue weighted by Crippen LogP contribution is -2.40. The predicted molar refractivity (Wildman–Crippen MR) is 54.9 cm³/mol. The van der Waals surface area contributed by atoms with Crippen LogP contribution in [0.2, 0.25) is 0 Å². The molecule has 0 unspecified atom stereocenters. The van der Waals surface area contributed by atoms with Gasteiger partial charge in [-0.05, 0) is 27.1 Å². The highest BCUT2D eigenvalue weighted by atomic mass is 16.2. The Hall–Kier alpha value is -1.10. The zero-order valence-electron chi connectivity index (χ0n) is 9.33. The lowest BCUT2D eigenvalue weighted by Gasteiger charge is -2.17. The molecule has 0 bridgehead atoms. The van der Waals surface area contributed by atoms with Crippen LogP contribution in [0, 0.1) is 0 Å². The van der Waals surface area contributed by atoms with Crippen molar-refractivity contribution in [3.8, 4) is 0 Å². The zero-order valence-corrected chi connectivity index (χ0v) is 9.33. The second-order valence-corrected chi connectivity index (χ2v) is 3.46. The van der Waals surface area contributed by atoms with Gasteiger partial charge in [0.05, 0.1) is 0 Å². The first-order valence-electron chi connectivity index (χ1n) is 4.61. The molecule has 14 heavy (non-hydrogen) atoms. The molecule has 0 aromatic rings. The fraction of sp³-hybridized carbons (Fsp3) is 0.778. The maximum Gasteiger partial charge on any atom is 0.311 e. The van der Waals surface area contributed by atoms with Gasteiger partial charge in [-0.25, -0.2) is 0 Å². The number of amides is 2. The van der Waals surface area contributed by atoms with Gasteiger partial charge in [0, 0.05) is 20.6 Å². The highest BCUT2D eigenvalue weighted by molar-refractivity contribution is 6.34. The SMILES string of the molecule is CNC(=O)C(=O)N(C)CCCN(C)C. The van der Waals surface area contributed by atoms with Gasteiger partial charge in [0.15, 0.2) is 0 Å². The van der Waals surface area contributed by atoms with E-state index in [4.69, 9.17) is 0 Å². The minimum Gasteiger partial charge on any atom is -0.351 e. The summed E-state index contributed by atoms with van der Waals surface area (Å²) >= 11 is 0. The van der Waals surface area contributed by atoms with Gasteiger partial charge in [-0.3, -0.25) is 9.59 Å². The van der Waals surface area contributed by atoms with Crippen molar-refractivity contribution >= 4 is 11.8 Å². The van der Waals surface area contributed by atoms with Crippen LogP contribution in [0.5, 0.6) is 0 Å². The molecule has 0 aliphatic carbocycles. The summed E-state index contributed by atoms with van der Waals surface area (Å²) in [6.07, 6.45) is 0.867. The van der Waals surface area contributed by atoms with Crippen LogP contribution in [0.3, 0.4) is 0 Å². The molecule has 0 aromatic heterocycles. The number of likely N-dealkylation sites (N-methyl/N-ethyl adjacent to an activating group) is 2. The number of carbonyl (C=O) groups is 2. The average molecular weight is 201 g/mol. The predicted octanol–water partition coefficient (Wildman–Crippen LogP) is -0.857. The number of rotatable bonds is 4. The molecular formula is C9H19N3O2. The Morgan fingerprint density at radius 2 is 1.71 bits per heavy atom. The molecule has 0 saturated carbocycles. The number of nitrogens with one attached hydrogen (secondary N) is 1. The van der Waals surface area contributed by atoms with Gasteiger partial charge in [-0.1, -0.05) is 0 Å². The van der Waals surface area contributed by atoms with E-state index in [2.05, 4.69) is 5.32 Å². The molecule has 2 amide bonds. The number of nitrogens with zero attached hydrogens (tertiary/aromatic N) is 2. The largest absolute Gasteiger partial charge is 0.351 e. The first-order chi connectivity index (χ1) is 6.49. The third-order valence-electron chi connectivity index (χ3n) is 1.87. The molecule has 0 heterocycles. The standard InChI is InChI=1S/C9H19N3O2/c1-10-8(13)9(14)12(4)7-5-6-11(2)3/h5-7H2,1-4H3,(H,10,13). The van der Waals surface area contributed by atoms with Gasteiger partial charge in [0.2, 0.25) is 0 Å². The molecule has 5 heteroatoms. The fourth-order valence-corrected chi connectivity index (χ4v) is 1.01. The molecule has 0 atom stereocenters. The molecule has 0 rings (SSSR count). The number of hydrogen-bond donors (Lipinski definition) is 1. The van der Waals surface area contributed by atoms with Crippen molar-refractivity contribution in [3.63, 3.8) is 0 Å². The fourth-order valence-electron chi connectivity index (χ4n) is 1.01. The smallest absolute Gasteiger partial charge is 0.311 e. The van der Waals surface area contributed by atoms with Crippen LogP contribution >= 0.6 is 0 Å². The normalized spacial score (nSPS) is 10.1. The van der Waals surface area contributed by atoms with Crippen LogP contribution in [0.1, 0.15) is 6.42 Å². The Bertz CT molecular complexity index is 204. The first-order valence-corrected chi connectivity index (χ1v) is 4.61. The van der Waals surface area contributed by atoms with E-state index in [1.165, 1.54) is 11.9 Å². The maximum absolute atomic E-state index is 11.3. The summed E-state index contributed by atoms with van der Waals surface area (Å²) in [5, 5.41) is 2.30. The molecule has 82 valence electrons. The summed E-state index contributed by atoms with van der Waals surface area (Å²) in [7, 11) is 7.03. The Labute approximate surface area is 85.1 Å². The van der Waals surface area contributed by atoms with Crippen LogP contribution in [-0.4, -0.2) is 62.9 Å². The summed E-state index contributed by atoms with van der Waals surface area (Å²) in [6.45, 7) is 1.51. The van der Waals surface area contributed by atoms with Crippen molar-refractivity contribution in [2.45, 2.75) is 6.42 Å². The summed E-state index contributed by atoms with van der Waals surface area (Å²) in [6, 6.07) is 0. The van der Waals surface area contributed by atoms with E-state index in [0.717, 1.165) is 13.0 Å². The van der Waals surface area contributed by atoms with Crippen LogP contribution in [0.4, 0.5) is 0 Å². The topological polar surface area (TPSA) is 52.7 Å².